The molecule has 19 N–H and O–H groups in total. The molecule has 5 aromatic rings. The average molecular weight is 1070 g/mol. The third kappa shape index (κ3) is 6.61. The van der Waals surface area contributed by atoms with Gasteiger partial charge in [-0.15, -0.1) is 0 Å². The quantitative estimate of drug-likeness (QED) is 0.0553. The van der Waals surface area contributed by atoms with E-state index >= 15 is 9.59 Å². The summed E-state index contributed by atoms with van der Waals surface area (Å²) in [6.07, 6.45) is -19.3. The van der Waals surface area contributed by atoms with Crippen LogP contribution in [0.15, 0.2) is 18.2 Å². The molecule has 0 saturated carbocycles. The number of carbonyl (C=O) groups excluding carboxylic acids is 5. The predicted molar refractivity (Wildman–Crippen MR) is 233 cm³/mol. The lowest BCUT2D eigenvalue weighted by Crippen LogP contribution is -2.68. The van der Waals surface area contributed by atoms with Gasteiger partial charge in [-0.2, -0.15) is 0 Å². The lowest BCUT2D eigenvalue weighted by atomic mass is 9.71. The Balaban J connectivity index is 1.39. The molecule has 0 aromatic heterocycles. The second-order valence-corrected chi connectivity index (χ2v) is 17.6. The van der Waals surface area contributed by atoms with Gasteiger partial charge in [0.1, 0.15) is 24.9 Å². The highest BCUT2D eigenvalue weighted by Gasteiger charge is 2.65. The summed E-state index contributed by atoms with van der Waals surface area (Å²) in [4.78, 5) is 74.4. The monoisotopic (exact) mass is 1070 g/mol. The van der Waals surface area contributed by atoms with Gasteiger partial charge in [0.2, 0.25) is 34.5 Å². The number of fused-ring (bicyclic) bond motifs is 7. The van der Waals surface area contributed by atoms with Crippen molar-refractivity contribution in [3.05, 3.63) is 51.6 Å². The van der Waals surface area contributed by atoms with Crippen LogP contribution in [-0.2, 0) is 28.4 Å². The van der Waals surface area contributed by atoms with Gasteiger partial charge in [-0.1, -0.05) is 0 Å². The molecule has 6 aliphatic rings. The molecule has 1 fully saturated rings. The highest BCUT2D eigenvalue weighted by molar-refractivity contribution is 6.16. The van der Waals surface area contributed by atoms with Crippen LogP contribution in [0.3, 0.4) is 0 Å². The van der Waals surface area contributed by atoms with Crippen molar-refractivity contribution in [1.82, 2.24) is 0 Å². The molecule has 398 valence electrons. The van der Waals surface area contributed by atoms with Crippen LogP contribution < -0.4 is 0 Å². The van der Waals surface area contributed by atoms with Gasteiger partial charge in [-0.05, 0) is 18.2 Å². The number of esters is 5. The number of hydrogen-bond donors (Lipinski definition) is 19. The Labute approximate surface area is 417 Å². The Morgan fingerprint density at radius 2 is 0.789 bits per heavy atom. The van der Waals surface area contributed by atoms with Crippen molar-refractivity contribution >= 4 is 29.8 Å². The van der Waals surface area contributed by atoms with Crippen LogP contribution >= 0.6 is 0 Å². The van der Waals surface area contributed by atoms with Gasteiger partial charge >= 0.3 is 29.8 Å². The molecule has 5 aromatic carbocycles. The molecule has 0 amide bonds. The van der Waals surface area contributed by atoms with Gasteiger partial charge in [0, 0.05) is 38.9 Å². The van der Waals surface area contributed by atoms with Crippen LogP contribution in [0.25, 0.3) is 33.4 Å². The van der Waals surface area contributed by atoms with E-state index in [9.17, 15) is 111 Å². The van der Waals surface area contributed by atoms with Gasteiger partial charge in [0.15, 0.2) is 81.9 Å². The molecular weight excluding hydrogens is 1030 g/mol. The van der Waals surface area contributed by atoms with E-state index in [4.69, 9.17) is 28.4 Å². The van der Waals surface area contributed by atoms with Crippen LogP contribution in [0, 0.1) is 0 Å². The lowest BCUT2D eigenvalue weighted by Gasteiger charge is -2.51. The first kappa shape index (κ1) is 49.8. The number of phenolic OH excluding ortho intramolecular Hbond substituents is 15. The Morgan fingerprint density at radius 1 is 0.395 bits per heavy atom. The lowest BCUT2D eigenvalue weighted by molar-refractivity contribution is -0.341. The number of phenols is 15. The minimum atomic E-state index is -3.72. The van der Waals surface area contributed by atoms with E-state index < -0.39 is 250 Å². The topological polar surface area (TPSA) is 525 Å². The minimum Gasteiger partial charge on any atom is -0.504 e. The van der Waals surface area contributed by atoms with Gasteiger partial charge in [0.05, 0.1) is 40.3 Å². The molecule has 0 aliphatic carbocycles. The van der Waals surface area contributed by atoms with Crippen molar-refractivity contribution in [2.45, 2.75) is 54.4 Å². The first-order valence-corrected chi connectivity index (χ1v) is 21.5. The number of rotatable bonds is 1. The number of cyclic esters (lactones) is 1. The minimum absolute atomic E-state index is 0.271. The third-order valence-corrected chi connectivity index (χ3v) is 13.6. The first-order chi connectivity index (χ1) is 35.7. The van der Waals surface area contributed by atoms with Crippen LogP contribution in [-0.4, -0.2) is 189 Å². The second-order valence-electron chi connectivity index (χ2n) is 17.6. The van der Waals surface area contributed by atoms with E-state index in [1.807, 2.05) is 0 Å². The van der Waals surface area contributed by atoms with Crippen molar-refractivity contribution in [2.75, 3.05) is 13.2 Å². The van der Waals surface area contributed by atoms with Crippen LogP contribution in [0.5, 0.6) is 86.2 Å². The molecule has 0 unspecified atom stereocenters. The molecule has 11 rings (SSSR count). The molecule has 0 spiro atoms. The SMILES string of the molecule is O=C1OC[C@H]2OC(=O)c3cc(O)c(O)c(O)c3-c3c(O)c(O)c(O)c4c3C(=O)O[C@H]([C@H]3OC(=O)c5c-4c(O)c(O)c(O)c5[C@H]3[C@@]3(O)OC[C@H](O)[C@@H](O)[C@H]3O)[C@@H]2OC(=O)c2cc(O)c(O)c(O)c2-c2c1cc(O)c(O)c2O. The van der Waals surface area contributed by atoms with E-state index in [1.165, 1.54) is 0 Å². The van der Waals surface area contributed by atoms with Crippen molar-refractivity contribution in [3.63, 3.8) is 0 Å². The summed E-state index contributed by atoms with van der Waals surface area (Å²) in [5.41, 5.74) is -16.3. The summed E-state index contributed by atoms with van der Waals surface area (Å²) in [5, 5.41) is 214. The van der Waals surface area contributed by atoms with Gasteiger partial charge in [-0.25, -0.2) is 24.0 Å². The van der Waals surface area contributed by atoms with Crippen molar-refractivity contribution in [3.8, 4) is 120 Å². The molecule has 1 saturated heterocycles. The van der Waals surface area contributed by atoms with Crippen molar-refractivity contribution in [2.24, 2.45) is 0 Å². The zero-order valence-electron chi connectivity index (χ0n) is 37.3. The molecule has 6 bridgehead atoms. The van der Waals surface area contributed by atoms with E-state index in [0.717, 1.165) is 0 Å². The Kier molecular flexibility index (Phi) is 10.9. The number of carbonyl (C=O) groups is 5. The second kappa shape index (κ2) is 16.6. The summed E-state index contributed by atoms with van der Waals surface area (Å²) in [6.45, 7) is -2.84. The standard InChI is InChI=1S/C46H34O30/c47-9-1-6-14(28(55)24(9)51)15-7(2-10(48)25(52)29(15)56)43(67)74-37-13(5-71-41(6)65)73-42(66)8-3-11(49)26(53)30(57)16(8)17-20-18(32(59)35(62)31(17)58)19-21-22(34(61)36(63)33(19)60)23(38(75-45(21)69)39(37)76-44(20)68)46(70)40(64)27(54)12(50)4-72-46/h1-3,12-13,23,27,37-40,47-64,70H,4-5H2/t12-,13+,23+,27+,37+,38-,39-,40+,46+/m0/s1. The van der Waals surface area contributed by atoms with E-state index in [0.29, 0.717) is 6.07 Å². The Hall–Kier alpha value is -9.75. The first-order valence-electron chi connectivity index (χ1n) is 21.5. The number of aromatic hydroxyl groups is 15. The maximum absolute atomic E-state index is 15.5. The fourth-order valence-electron chi connectivity index (χ4n) is 9.99. The summed E-state index contributed by atoms with van der Waals surface area (Å²) >= 11 is 0. The van der Waals surface area contributed by atoms with E-state index in [-0.39, 0.29) is 12.1 Å². The zero-order chi connectivity index (χ0) is 55.4. The smallest absolute Gasteiger partial charge is 0.340 e. The number of aliphatic hydroxyl groups is 4. The fourth-order valence-corrected chi connectivity index (χ4v) is 9.99. The van der Waals surface area contributed by atoms with Gasteiger partial charge < -0.3 is 125 Å². The molecule has 76 heavy (non-hydrogen) atoms. The van der Waals surface area contributed by atoms with Crippen LogP contribution in [0.2, 0.25) is 0 Å². The van der Waals surface area contributed by atoms with E-state index in [1.54, 1.807) is 0 Å². The molecule has 30 nitrogen and oxygen atoms in total. The highest BCUT2D eigenvalue weighted by atomic mass is 16.7. The largest absolute Gasteiger partial charge is 0.504 e. The molecule has 30 heteroatoms. The predicted octanol–water partition coefficient (Wildman–Crippen LogP) is -0.830. The molecule has 6 heterocycles. The number of ether oxygens (including phenoxy) is 6. The summed E-state index contributed by atoms with van der Waals surface area (Å²) in [5.74, 6) is -40.7. The summed E-state index contributed by atoms with van der Waals surface area (Å²) < 4.78 is 34.0. The van der Waals surface area contributed by atoms with Crippen molar-refractivity contribution < 1.29 is 149 Å². The van der Waals surface area contributed by atoms with Gasteiger partial charge in [0.25, 0.3) is 0 Å². The summed E-state index contributed by atoms with van der Waals surface area (Å²) in [7, 11) is 0. The van der Waals surface area contributed by atoms with Crippen LogP contribution in [0.1, 0.15) is 63.3 Å². The fraction of sp³-hybridized carbons (Fsp3) is 0.239. The number of hydrogen-bond acceptors (Lipinski definition) is 30. The van der Waals surface area contributed by atoms with Crippen molar-refractivity contribution in [1.29, 1.82) is 0 Å². The highest BCUT2D eigenvalue weighted by Crippen LogP contribution is 2.63. The maximum atomic E-state index is 15.5. The van der Waals surface area contributed by atoms with E-state index in [2.05, 4.69) is 0 Å². The maximum Gasteiger partial charge on any atom is 0.340 e. The zero-order valence-corrected chi connectivity index (χ0v) is 37.3. The number of benzene rings is 5. The van der Waals surface area contributed by atoms with Gasteiger partial charge in [-0.3, -0.25) is 0 Å². The van der Waals surface area contributed by atoms with Crippen LogP contribution in [0.4, 0.5) is 0 Å². The normalized spacial score (nSPS) is 25.7. The molecule has 9 atom stereocenters. The number of aliphatic hydroxyl groups excluding tert-OH is 3. The average Bonchev–Trinajstić information content (AvgIpc) is 3.44. The summed E-state index contributed by atoms with van der Waals surface area (Å²) in [6, 6.07) is 0.916. The molecule has 0 radical (unpaired) electrons. The molecular formula is C46H34O30. The third-order valence-electron chi connectivity index (χ3n) is 13.6. The molecule has 6 aliphatic heterocycles. The Bertz CT molecular complexity index is 3510. The Morgan fingerprint density at radius 3 is 1.32 bits per heavy atom.